The van der Waals surface area contributed by atoms with E-state index in [0.717, 1.165) is 25.9 Å². The number of amides is 2. The summed E-state index contributed by atoms with van der Waals surface area (Å²) in [5, 5.41) is 6.31. The third kappa shape index (κ3) is 5.01. The number of carbonyl (C=O) groups excluding carboxylic acids is 2. The van der Waals surface area contributed by atoms with Crippen LogP contribution in [0.2, 0.25) is 0 Å². The van der Waals surface area contributed by atoms with E-state index in [1.807, 2.05) is 0 Å². The van der Waals surface area contributed by atoms with Gasteiger partial charge in [0.15, 0.2) is 18.1 Å². The van der Waals surface area contributed by atoms with E-state index in [-0.39, 0.29) is 23.7 Å². The van der Waals surface area contributed by atoms with Gasteiger partial charge in [-0.1, -0.05) is 6.92 Å². The van der Waals surface area contributed by atoms with Crippen molar-refractivity contribution in [2.24, 2.45) is 11.1 Å². The van der Waals surface area contributed by atoms with Crippen molar-refractivity contribution in [3.8, 4) is 17.2 Å². The normalized spacial score (nSPS) is 15.8. The Balaban J connectivity index is 2.14. The molecule has 0 bridgehead atoms. The van der Waals surface area contributed by atoms with Crippen molar-refractivity contribution in [3.05, 3.63) is 17.7 Å². The number of nitrogens with two attached hydrogens (primary N) is 1. The first-order valence-electron chi connectivity index (χ1n) is 8.54. The van der Waals surface area contributed by atoms with E-state index in [9.17, 15) is 9.59 Å². The second kappa shape index (κ2) is 8.75. The van der Waals surface area contributed by atoms with Crippen molar-refractivity contribution in [1.82, 2.24) is 10.6 Å². The zero-order valence-electron chi connectivity index (χ0n) is 15.5. The molecule has 1 fully saturated rings. The van der Waals surface area contributed by atoms with Crippen molar-refractivity contribution in [2.75, 3.05) is 40.5 Å². The SMILES string of the molecule is COc1cc(C(=O)NCC2(C)CCNCC2)cc(OC)c1OCC(N)=O. The standard InChI is InChI=1S/C18H27N3O5/c1-18(4-6-20-7-5-18)11-21-17(23)12-8-13(24-2)16(14(9-12)25-3)26-10-15(19)22/h8-9,20H,4-7,10-11H2,1-3H3,(H2,19,22)(H,21,23). The lowest BCUT2D eigenvalue weighted by atomic mass is 9.81. The van der Waals surface area contributed by atoms with Crippen LogP contribution in [-0.4, -0.2) is 52.3 Å². The number of rotatable bonds is 8. The average molecular weight is 365 g/mol. The zero-order valence-corrected chi connectivity index (χ0v) is 15.5. The van der Waals surface area contributed by atoms with Crippen molar-refractivity contribution in [1.29, 1.82) is 0 Å². The molecule has 0 aromatic heterocycles. The maximum atomic E-state index is 12.6. The highest BCUT2D eigenvalue weighted by Gasteiger charge is 2.27. The molecule has 0 spiro atoms. The number of primary amides is 1. The van der Waals surface area contributed by atoms with Crippen molar-refractivity contribution >= 4 is 11.8 Å². The van der Waals surface area contributed by atoms with Gasteiger partial charge in [-0.2, -0.15) is 0 Å². The lowest BCUT2D eigenvalue weighted by Crippen LogP contribution is -2.42. The third-order valence-corrected chi connectivity index (χ3v) is 4.57. The Labute approximate surface area is 153 Å². The van der Waals surface area contributed by atoms with Crippen LogP contribution in [0.5, 0.6) is 17.2 Å². The van der Waals surface area contributed by atoms with Crippen molar-refractivity contribution in [2.45, 2.75) is 19.8 Å². The molecule has 1 aliphatic rings. The molecule has 0 unspecified atom stereocenters. The summed E-state index contributed by atoms with van der Waals surface area (Å²) in [6, 6.07) is 3.11. The molecule has 1 aliphatic heterocycles. The highest BCUT2D eigenvalue weighted by molar-refractivity contribution is 5.95. The first-order valence-corrected chi connectivity index (χ1v) is 8.54. The molecule has 0 radical (unpaired) electrons. The van der Waals surface area contributed by atoms with Crippen molar-refractivity contribution < 1.29 is 23.8 Å². The Morgan fingerprint density at radius 2 is 1.77 bits per heavy atom. The van der Waals surface area contributed by atoms with Crippen LogP contribution in [0, 0.1) is 5.41 Å². The summed E-state index contributed by atoms with van der Waals surface area (Å²) in [6.45, 7) is 4.37. The monoisotopic (exact) mass is 365 g/mol. The van der Waals surface area contributed by atoms with Gasteiger partial charge in [-0.05, 0) is 43.5 Å². The van der Waals surface area contributed by atoms with Gasteiger partial charge < -0.3 is 30.6 Å². The molecule has 2 rings (SSSR count). The topological polar surface area (TPSA) is 112 Å². The van der Waals surface area contributed by atoms with E-state index in [1.165, 1.54) is 14.2 Å². The summed E-state index contributed by atoms with van der Waals surface area (Å²) in [7, 11) is 2.90. The number of hydrogen-bond acceptors (Lipinski definition) is 6. The highest BCUT2D eigenvalue weighted by Crippen LogP contribution is 2.38. The van der Waals surface area contributed by atoms with Crippen LogP contribution >= 0.6 is 0 Å². The molecule has 1 saturated heterocycles. The smallest absolute Gasteiger partial charge is 0.255 e. The van der Waals surface area contributed by atoms with Crippen LogP contribution in [0.15, 0.2) is 12.1 Å². The van der Waals surface area contributed by atoms with E-state index >= 15 is 0 Å². The largest absolute Gasteiger partial charge is 0.493 e. The van der Waals surface area contributed by atoms with E-state index in [4.69, 9.17) is 19.9 Å². The van der Waals surface area contributed by atoms with E-state index < -0.39 is 5.91 Å². The van der Waals surface area contributed by atoms with E-state index in [2.05, 4.69) is 17.6 Å². The van der Waals surface area contributed by atoms with Crippen LogP contribution in [0.3, 0.4) is 0 Å². The number of ether oxygens (including phenoxy) is 3. The Kier molecular flexibility index (Phi) is 6.68. The van der Waals surface area contributed by atoms with Gasteiger partial charge >= 0.3 is 0 Å². The van der Waals surface area contributed by atoms with Crippen molar-refractivity contribution in [3.63, 3.8) is 0 Å². The summed E-state index contributed by atoms with van der Waals surface area (Å²) in [4.78, 5) is 23.6. The number of hydrogen-bond donors (Lipinski definition) is 3. The maximum Gasteiger partial charge on any atom is 0.255 e. The Bertz CT molecular complexity index is 631. The zero-order chi connectivity index (χ0) is 19.2. The van der Waals surface area contributed by atoms with Gasteiger partial charge in [0.1, 0.15) is 0 Å². The van der Waals surface area contributed by atoms with Gasteiger partial charge in [0, 0.05) is 12.1 Å². The number of piperidine rings is 1. The summed E-state index contributed by atoms with van der Waals surface area (Å²) < 4.78 is 15.9. The molecule has 2 amide bonds. The van der Waals surface area contributed by atoms with Gasteiger partial charge in [0.05, 0.1) is 14.2 Å². The minimum absolute atomic E-state index is 0.0830. The molecule has 8 nitrogen and oxygen atoms in total. The summed E-state index contributed by atoms with van der Waals surface area (Å²) in [6.07, 6.45) is 2.03. The van der Waals surface area contributed by atoms with Gasteiger partial charge in [-0.15, -0.1) is 0 Å². The quantitative estimate of drug-likeness (QED) is 0.625. The Morgan fingerprint density at radius 1 is 1.19 bits per heavy atom. The third-order valence-electron chi connectivity index (χ3n) is 4.57. The molecular weight excluding hydrogens is 338 g/mol. The molecule has 1 aromatic rings. The fourth-order valence-corrected chi connectivity index (χ4v) is 2.90. The first kappa shape index (κ1) is 19.8. The number of benzene rings is 1. The van der Waals surface area contributed by atoms with Gasteiger partial charge in [-0.3, -0.25) is 9.59 Å². The van der Waals surface area contributed by atoms with E-state index in [0.29, 0.717) is 23.6 Å². The Morgan fingerprint density at radius 3 is 2.27 bits per heavy atom. The molecule has 144 valence electrons. The summed E-state index contributed by atoms with van der Waals surface area (Å²) >= 11 is 0. The second-order valence-corrected chi connectivity index (χ2v) is 6.71. The lowest BCUT2D eigenvalue weighted by molar-refractivity contribution is -0.120. The fourth-order valence-electron chi connectivity index (χ4n) is 2.90. The molecular formula is C18H27N3O5. The minimum atomic E-state index is -0.619. The van der Waals surface area contributed by atoms with E-state index in [1.54, 1.807) is 12.1 Å². The summed E-state index contributed by atoms with van der Waals surface area (Å²) in [5.41, 5.74) is 5.58. The number of methoxy groups -OCH3 is 2. The number of carbonyl (C=O) groups is 2. The molecule has 8 heteroatoms. The van der Waals surface area contributed by atoms with Crippen LogP contribution in [0.1, 0.15) is 30.1 Å². The Hall–Kier alpha value is -2.48. The first-order chi connectivity index (χ1) is 12.4. The van der Waals surface area contributed by atoms with Gasteiger partial charge in [0.25, 0.3) is 11.8 Å². The molecule has 0 aliphatic carbocycles. The van der Waals surface area contributed by atoms with Crippen LogP contribution in [-0.2, 0) is 4.79 Å². The van der Waals surface area contributed by atoms with Gasteiger partial charge in [-0.25, -0.2) is 0 Å². The molecule has 0 saturated carbocycles. The van der Waals surface area contributed by atoms with Crippen LogP contribution in [0.4, 0.5) is 0 Å². The van der Waals surface area contributed by atoms with Gasteiger partial charge in [0.2, 0.25) is 5.75 Å². The lowest BCUT2D eigenvalue weighted by Gasteiger charge is -2.34. The molecule has 1 heterocycles. The molecule has 4 N–H and O–H groups in total. The fraction of sp³-hybridized carbons (Fsp3) is 0.556. The maximum absolute atomic E-state index is 12.6. The predicted octanol–water partition coefficient (Wildman–Crippen LogP) is 0.687. The summed E-state index contributed by atoms with van der Waals surface area (Å²) in [5.74, 6) is -0.0164. The van der Waals surface area contributed by atoms with Crippen LogP contribution < -0.4 is 30.6 Å². The predicted molar refractivity (Wildman–Crippen MR) is 96.8 cm³/mol. The molecule has 0 atom stereocenters. The minimum Gasteiger partial charge on any atom is -0.493 e. The second-order valence-electron chi connectivity index (χ2n) is 6.71. The number of nitrogens with one attached hydrogen (secondary N) is 2. The molecule has 1 aromatic carbocycles. The highest BCUT2D eigenvalue weighted by atomic mass is 16.5. The molecule has 26 heavy (non-hydrogen) atoms. The van der Waals surface area contributed by atoms with Crippen LogP contribution in [0.25, 0.3) is 0 Å². The average Bonchev–Trinajstić information content (AvgIpc) is 2.64.